The van der Waals surface area contributed by atoms with E-state index >= 15 is 0 Å². The first-order valence-corrected chi connectivity index (χ1v) is 6.76. The van der Waals surface area contributed by atoms with E-state index in [4.69, 9.17) is 9.47 Å². The molecule has 0 aromatic carbocycles. The molecule has 0 spiro atoms. The first-order chi connectivity index (χ1) is 7.74. The molecule has 0 aliphatic heterocycles. The lowest BCUT2D eigenvalue weighted by Gasteiger charge is -2.34. The van der Waals surface area contributed by atoms with Crippen molar-refractivity contribution in [1.29, 1.82) is 0 Å². The van der Waals surface area contributed by atoms with Crippen LogP contribution in [0.2, 0.25) is 0 Å². The third kappa shape index (κ3) is 3.46. The quantitative estimate of drug-likeness (QED) is 0.664. The van der Waals surface area contributed by atoms with E-state index in [-0.39, 0.29) is 0 Å². The van der Waals surface area contributed by atoms with Gasteiger partial charge in [0.25, 0.3) is 0 Å². The number of rotatable bonds is 7. The monoisotopic (exact) mass is 228 g/mol. The molecule has 1 saturated carbocycles. The van der Waals surface area contributed by atoms with E-state index < -0.39 is 0 Å². The van der Waals surface area contributed by atoms with Crippen LogP contribution in [0.1, 0.15) is 46.0 Å². The summed E-state index contributed by atoms with van der Waals surface area (Å²) in [5.74, 6) is 2.01. The number of ether oxygens (including phenoxy) is 2. The van der Waals surface area contributed by atoms with Crippen LogP contribution in [-0.2, 0) is 9.47 Å². The molecule has 0 heterocycles. The Hall–Kier alpha value is -0.0800. The Bertz CT molecular complexity index is 176. The molecule has 0 aromatic heterocycles. The average Bonchev–Trinajstić information content (AvgIpc) is 2.81. The van der Waals surface area contributed by atoms with Gasteiger partial charge in [0.15, 0.2) is 0 Å². The van der Waals surface area contributed by atoms with Crippen molar-refractivity contribution in [2.45, 2.75) is 52.1 Å². The molecule has 2 heteroatoms. The molecule has 1 aliphatic carbocycles. The molecule has 1 aliphatic rings. The van der Waals surface area contributed by atoms with Crippen LogP contribution in [0.25, 0.3) is 0 Å². The molecule has 1 rings (SSSR count). The smallest absolute Gasteiger partial charge is 0.0652 e. The summed E-state index contributed by atoms with van der Waals surface area (Å²) in [6, 6.07) is 0. The first-order valence-electron chi connectivity index (χ1n) is 6.76. The van der Waals surface area contributed by atoms with Gasteiger partial charge in [-0.05, 0) is 24.7 Å². The van der Waals surface area contributed by atoms with Crippen molar-refractivity contribution in [2.24, 2.45) is 17.8 Å². The van der Waals surface area contributed by atoms with Gasteiger partial charge in [0.2, 0.25) is 0 Å². The van der Waals surface area contributed by atoms with Gasteiger partial charge in [0.1, 0.15) is 0 Å². The maximum atomic E-state index is 5.79. The van der Waals surface area contributed by atoms with Gasteiger partial charge in [-0.25, -0.2) is 0 Å². The Balaban J connectivity index is 2.63. The van der Waals surface area contributed by atoms with E-state index in [2.05, 4.69) is 13.8 Å². The topological polar surface area (TPSA) is 18.5 Å². The van der Waals surface area contributed by atoms with Crippen LogP contribution in [0.15, 0.2) is 0 Å². The molecule has 0 aromatic rings. The van der Waals surface area contributed by atoms with Crippen molar-refractivity contribution in [2.75, 3.05) is 20.8 Å². The third-order valence-electron chi connectivity index (χ3n) is 4.29. The Kier molecular flexibility index (Phi) is 6.37. The maximum absolute atomic E-state index is 5.79. The van der Waals surface area contributed by atoms with Crippen LogP contribution < -0.4 is 0 Å². The van der Waals surface area contributed by atoms with Crippen LogP contribution in [0.3, 0.4) is 0 Å². The minimum atomic E-state index is 0.400. The largest absolute Gasteiger partial charge is 0.384 e. The lowest BCUT2D eigenvalue weighted by Crippen LogP contribution is -2.36. The van der Waals surface area contributed by atoms with Gasteiger partial charge < -0.3 is 9.47 Å². The van der Waals surface area contributed by atoms with Crippen molar-refractivity contribution in [1.82, 2.24) is 0 Å². The Morgan fingerprint density at radius 3 is 2.25 bits per heavy atom. The van der Waals surface area contributed by atoms with Gasteiger partial charge in [0.05, 0.1) is 12.7 Å². The highest BCUT2D eigenvalue weighted by Gasteiger charge is 2.33. The van der Waals surface area contributed by atoms with Crippen LogP contribution in [-0.4, -0.2) is 26.9 Å². The van der Waals surface area contributed by atoms with Crippen LogP contribution in [0.4, 0.5) is 0 Å². The van der Waals surface area contributed by atoms with Crippen LogP contribution >= 0.6 is 0 Å². The summed E-state index contributed by atoms with van der Waals surface area (Å²) in [6.45, 7) is 5.42. The fourth-order valence-corrected chi connectivity index (χ4v) is 3.08. The summed E-state index contributed by atoms with van der Waals surface area (Å²) in [6.07, 6.45) is 7.05. The molecule has 0 amide bonds. The summed E-state index contributed by atoms with van der Waals surface area (Å²) >= 11 is 0. The number of hydrogen-bond acceptors (Lipinski definition) is 2. The summed E-state index contributed by atoms with van der Waals surface area (Å²) in [5, 5.41) is 0. The van der Waals surface area contributed by atoms with Gasteiger partial charge in [-0.2, -0.15) is 0 Å². The predicted molar refractivity (Wildman–Crippen MR) is 67.6 cm³/mol. The van der Waals surface area contributed by atoms with E-state index in [0.29, 0.717) is 17.9 Å². The minimum absolute atomic E-state index is 0.400. The molecule has 0 saturated heterocycles. The van der Waals surface area contributed by atoms with E-state index in [0.717, 1.165) is 12.5 Å². The zero-order valence-corrected chi connectivity index (χ0v) is 11.4. The highest BCUT2D eigenvalue weighted by molar-refractivity contribution is 4.83. The second-order valence-electron chi connectivity index (χ2n) is 5.25. The second-order valence-corrected chi connectivity index (χ2v) is 5.25. The fourth-order valence-electron chi connectivity index (χ4n) is 3.08. The molecule has 0 radical (unpaired) electrons. The van der Waals surface area contributed by atoms with Gasteiger partial charge in [0, 0.05) is 20.1 Å². The first kappa shape index (κ1) is 14.0. The van der Waals surface area contributed by atoms with Gasteiger partial charge in [-0.15, -0.1) is 0 Å². The highest BCUT2D eigenvalue weighted by Crippen LogP contribution is 2.35. The number of methoxy groups -OCH3 is 2. The van der Waals surface area contributed by atoms with Crippen molar-refractivity contribution in [3.8, 4) is 0 Å². The SMILES string of the molecule is CCC(C)C(COC)C(OC)C1CCCC1. The predicted octanol–water partition coefficient (Wildman–Crippen LogP) is 3.50. The Morgan fingerprint density at radius 1 is 1.19 bits per heavy atom. The lowest BCUT2D eigenvalue weighted by molar-refractivity contribution is -0.0404. The summed E-state index contributed by atoms with van der Waals surface area (Å²) in [4.78, 5) is 0. The van der Waals surface area contributed by atoms with E-state index in [1.165, 1.54) is 32.1 Å². The fraction of sp³-hybridized carbons (Fsp3) is 1.00. The van der Waals surface area contributed by atoms with Crippen molar-refractivity contribution >= 4 is 0 Å². The summed E-state index contributed by atoms with van der Waals surface area (Å²) < 4.78 is 11.2. The zero-order chi connectivity index (χ0) is 12.0. The number of hydrogen-bond donors (Lipinski definition) is 0. The molecule has 16 heavy (non-hydrogen) atoms. The standard InChI is InChI=1S/C14H28O2/c1-5-11(2)13(10-15-3)14(16-4)12-8-6-7-9-12/h11-14H,5-10H2,1-4H3. The lowest BCUT2D eigenvalue weighted by atomic mass is 9.81. The third-order valence-corrected chi connectivity index (χ3v) is 4.29. The molecular formula is C14H28O2. The van der Waals surface area contributed by atoms with Crippen LogP contribution in [0.5, 0.6) is 0 Å². The molecular weight excluding hydrogens is 200 g/mol. The molecule has 2 nitrogen and oxygen atoms in total. The highest BCUT2D eigenvalue weighted by atomic mass is 16.5. The molecule has 0 N–H and O–H groups in total. The Morgan fingerprint density at radius 2 is 1.81 bits per heavy atom. The van der Waals surface area contributed by atoms with Crippen LogP contribution in [0, 0.1) is 17.8 Å². The van der Waals surface area contributed by atoms with Crippen molar-refractivity contribution in [3.63, 3.8) is 0 Å². The molecule has 3 unspecified atom stereocenters. The Labute approximate surface area is 101 Å². The molecule has 0 bridgehead atoms. The second kappa shape index (κ2) is 7.29. The van der Waals surface area contributed by atoms with E-state index in [1.807, 2.05) is 7.11 Å². The van der Waals surface area contributed by atoms with Crippen molar-refractivity contribution < 1.29 is 9.47 Å². The van der Waals surface area contributed by atoms with Crippen molar-refractivity contribution in [3.05, 3.63) is 0 Å². The minimum Gasteiger partial charge on any atom is -0.384 e. The molecule has 96 valence electrons. The maximum Gasteiger partial charge on any atom is 0.0652 e. The molecule has 3 atom stereocenters. The van der Waals surface area contributed by atoms with E-state index in [9.17, 15) is 0 Å². The average molecular weight is 228 g/mol. The van der Waals surface area contributed by atoms with Gasteiger partial charge in [-0.3, -0.25) is 0 Å². The summed E-state index contributed by atoms with van der Waals surface area (Å²) in [5.41, 5.74) is 0. The van der Waals surface area contributed by atoms with Gasteiger partial charge in [-0.1, -0.05) is 33.1 Å². The zero-order valence-electron chi connectivity index (χ0n) is 11.4. The molecule has 1 fully saturated rings. The van der Waals surface area contributed by atoms with E-state index in [1.54, 1.807) is 7.11 Å². The normalized spacial score (nSPS) is 23.2. The summed E-state index contributed by atoms with van der Waals surface area (Å²) in [7, 11) is 3.67. The van der Waals surface area contributed by atoms with Gasteiger partial charge >= 0.3 is 0 Å².